The molecule has 1 amide bonds. The van der Waals surface area contributed by atoms with Crippen LogP contribution in [0.4, 0.5) is 0 Å². The first-order valence-electron chi connectivity index (χ1n) is 10.4. The molecule has 2 heterocycles. The molecule has 3 unspecified atom stereocenters. The van der Waals surface area contributed by atoms with E-state index in [9.17, 15) is 13.2 Å². The smallest absolute Gasteiger partial charge is 0.251 e. The van der Waals surface area contributed by atoms with E-state index < -0.39 is 10.0 Å². The number of carbonyl (C=O) groups is 1. The van der Waals surface area contributed by atoms with Gasteiger partial charge in [-0.1, -0.05) is 26.0 Å². The molecule has 1 saturated heterocycles. The second kappa shape index (κ2) is 10.0. The van der Waals surface area contributed by atoms with Crippen molar-refractivity contribution in [2.75, 3.05) is 19.6 Å². The predicted octanol–water partition coefficient (Wildman–Crippen LogP) is 3.32. The summed E-state index contributed by atoms with van der Waals surface area (Å²) in [5.74, 6) is 1.08. The van der Waals surface area contributed by atoms with Gasteiger partial charge in [0.2, 0.25) is 10.0 Å². The lowest BCUT2D eigenvalue weighted by Crippen LogP contribution is -2.47. The molecule has 3 rings (SSSR count). The molecule has 1 aliphatic rings. The Morgan fingerprint density at radius 2 is 1.93 bits per heavy atom. The van der Waals surface area contributed by atoms with Crippen molar-refractivity contribution < 1.29 is 13.2 Å². The highest BCUT2D eigenvalue weighted by atomic mass is 32.2. The van der Waals surface area contributed by atoms with Gasteiger partial charge in [0.25, 0.3) is 5.91 Å². The fraction of sp³-hybridized carbons (Fsp3) is 0.500. The molecule has 0 spiro atoms. The molecule has 1 aromatic carbocycles. The molecule has 0 radical (unpaired) electrons. The molecule has 1 fully saturated rings. The zero-order valence-electron chi connectivity index (χ0n) is 17.8. The number of benzene rings is 1. The van der Waals surface area contributed by atoms with Gasteiger partial charge in [-0.25, -0.2) is 13.1 Å². The van der Waals surface area contributed by atoms with Crippen LogP contribution in [-0.2, 0) is 16.6 Å². The third-order valence-electron chi connectivity index (χ3n) is 5.28. The van der Waals surface area contributed by atoms with Crippen LogP contribution in [0.15, 0.2) is 46.7 Å². The van der Waals surface area contributed by atoms with Crippen LogP contribution >= 0.6 is 11.3 Å². The largest absolute Gasteiger partial charge is 0.348 e. The summed E-state index contributed by atoms with van der Waals surface area (Å²) < 4.78 is 27.8. The summed E-state index contributed by atoms with van der Waals surface area (Å²) in [6.07, 6.45) is 1.25. The maximum atomic E-state index is 12.7. The average Bonchev–Trinajstić information content (AvgIpc) is 3.19. The normalized spacial score (nSPS) is 21.3. The van der Waals surface area contributed by atoms with Crippen LogP contribution in [0.5, 0.6) is 0 Å². The monoisotopic (exact) mass is 449 g/mol. The van der Waals surface area contributed by atoms with Gasteiger partial charge in [-0.05, 0) is 54.8 Å². The molecule has 30 heavy (non-hydrogen) atoms. The number of carbonyl (C=O) groups excluding carboxylic acids is 1. The zero-order valence-corrected chi connectivity index (χ0v) is 19.4. The standard InChI is InChI=1S/C22H31N3O3S2/c1-16-10-17(2)14-25(13-16)15-18(3)24-22(26)19-6-4-8-21(11-19)30(27,28)23-12-20-7-5-9-29-20/h4-9,11,16-18,23H,10,12-15H2,1-3H3,(H,24,26). The van der Waals surface area contributed by atoms with Crippen LogP contribution in [-0.4, -0.2) is 44.9 Å². The number of sulfonamides is 1. The van der Waals surface area contributed by atoms with Gasteiger partial charge in [0.15, 0.2) is 0 Å². The minimum atomic E-state index is -3.69. The van der Waals surface area contributed by atoms with Crippen molar-refractivity contribution in [1.82, 2.24) is 14.9 Å². The average molecular weight is 450 g/mol. The van der Waals surface area contributed by atoms with Crippen LogP contribution in [0.2, 0.25) is 0 Å². The zero-order chi connectivity index (χ0) is 21.7. The van der Waals surface area contributed by atoms with Gasteiger partial charge in [-0.15, -0.1) is 11.3 Å². The Bertz CT molecular complexity index is 934. The first-order valence-corrected chi connectivity index (χ1v) is 12.7. The van der Waals surface area contributed by atoms with Crippen LogP contribution in [0, 0.1) is 11.8 Å². The van der Waals surface area contributed by atoms with Crippen molar-refractivity contribution in [3.05, 3.63) is 52.2 Å². The lowest BCUT2D eigenvalue weighted by molar-refractivity contribution is 0.0904. The Kier molecular flexibility index (Phi) is 7.68. The van der Waals surface area contributed by atoms with Gasteiger partial charge in [0.05, 0.1) is 4.90 Å². The lowest BCUT2D eigenvalue weighted by Gasteiger charge is -2.36. The Morgan fingerprint density at radius 1 is 1.20 bits per heavy atom. The summed E-state index contributed by atoms with van der Waals surface area (Å²) in [6, 6.07) is 9.93. The minimum absolute atomic E-state index is 0.0211. The molecule has 0 aliphatic carbocycles. The Hall–Kier alpha value is -1.74. The van der Waals surface area contributed by atoms with Crippen molar-refractivity contribution in [3.63, 3.8) is 0 Å². The van der Waals surface area contributed by atoms with Crippen LogP contribution in [0.3, 0.4) is 0 Å². The summed E-state index contributed by atoms with van der Waals surface area (Å²) in [7, 11) is -3.69. The van der Waals surface area contributed by atoms with E-state index in [0.717, 1.165) is 24.5 Å². The Balaban J connectivity index is 1.59. The van der Waals surface area contributed by atoms with Crippen molar-refractivity contribution >= 4 is 27.3 Å². The molecule has 8 heteroatoms. The molecule has 0 saturated carbocycles. The predicted molar refractivity (Wildman–Crippen MR) is 121 cm³/mol. The van der Waals surface area contributed by atoms with Crippen molar-refractivity contribution in [2.45, 2.75) is 44.7 Å². The molecule has 164 valence electrons. The molecule has 6 nitrogen and oxygen atoms in total. The van der Waals surface area contributed by atoms with Crippen LogP contribution in [0.25, 0.3) is 0 Å². The summed E-state index contributed by atoms with van der Waals surface area (Å²) in [6.45, 7) is 9.66. The maximum absolute atomic E-state index is 12.7. The summed E-state index contributed by atoms with van der Waals surface area (Å²) in [4.78, 5) is 16.1. The van der Waals surface area contributed by atoms with Gasteiger partial charge in [-0.2, -0.15) is 0 Å². The Morgan fingerprint density at radius 3 is 2.60 bits per heavy atom. The van der Waals surface area contributed by atoms with Gasteiger partial charge in [0.1, 0.15) is 0 Å². The van der Waals surface area contributed by atoms with E-state index in [1.807, 2.05) is 24.4 Å². The number of thiophene rings is 1. The molecule has 2 aromatic rings. The number of rotatable bonds is 8. The van der Waals surface area contributed by atoms with Crippen LogP contribution in [0.1, 0.15) is 42.4 Å². The number of nitrogens with zero attached hydrogens (tertiary/aromatic N) is 1. The highest BCUT2D eigenvalue weighted by Gasteiger charge is 2.24. The molecule has 2 N–H and O–H groups in total. The summed E-state index contributed by atoms with van der Waals surface area (Å²) in [5.41, 5.74) is 0.348. The van der Waals surface area contributed by atoms with Crippen molar-refractivity contribution in [3.8, 4) is 0 Å². The van der Waals surface area contributed by atoms with E-state index in [2.05, 4.69) is 28.8 Å². The molecule has 3 atom stereocenters. The fourth-order valence-electron chi connectivity index (χ4n) is 4.15. The second-order valence-corrected chi connectivity index (χ2v) is 11.3. The quantitative estimate of drug-likeness (QED) is 0.648. The van der Waals surface area contributed by atoms with E-state index in [1.165, 1.54) is 29.9 Å². The maximum Gasteiger partial charge on any atom is 0.251 e. The number of hydrogen-bond acceptors (Lipinski definition) is 5. The van der Waals surface area contributed by atoms with E-state index in [1.54, 1.807) is 12.1 Å². The highest BCUT2D eigenvalue weighted by Crippen LogP contribution is 2.21. The molecule has 1 aliphatic heterocycles. The summed E-state index contributed by atoms with van der Waals surface area (Å²) >= 11 is 1.49. The van der Waals surface area contributed by atoms with Gasteiger partial charge >= 0.3 is 0 Å². The topological polar surface area (TPSA) is 78.5 Å². The first-order chi connectivity index (χ1) is 14.2. The number of piperidine rings is 1. The van der Waals surface area contributed by atoms with Gasteiger partial charge in [0, 0.05) is 42.7 Å². The minimum Gasteiger partial charge on any atom is -0.348 e. The number of nitrogens with one attached hydrogen (secondary N) is 2. The molecule has 1 aromatic heterocycles. The molecule has 0 bridgehead atoms. The second-order valence-electron chi connectivity index (χ2n) is 8.47. The molecular formula is C22H31N3O3S2. The third-order valence-corrected chi connectivity index (χ3v) is 7.55. The molecular weight excluding hydrogens is 418 g/mol. The van der Waals surface area contributed by atoms with E-state index in [-0.39, 0.29) is 23.4 Å². The van der Waals surface area contributed by atoms with Crippen molar-refractivity contribution in [2.24, 2.45) is 11.8 Å². The van der Waals surface area contributed by atoms with E-state index in [4.69, 9.17) is 0 Å². The van der Waals surface area contributed by atoms with Gasteiger partial charge in [-0.3, -0.25) is 4.79 Å². The highest BCUT2D eigenvalue weighted by molar-refractivity contribution is 7.89. The Labute approximate surface area is 183 Å². The van der Waals surface area contributed by atoms with E-state index in [0.29, 0.717) is 17.4 Å². The van der Waals surface area contributed by atoms with Gasteiger partial charge < -0.3 is 10.2 Å². The number of likely N-dealkylation sites (tertiary alicyclic amines) is 1. The van der Waals surface area contributed by atoms with Crippen molar-refractivity contribution in [1.29, 1.82) is 0 Å². The number of hydrogen-bond donors (Lipinski definition) is 2. The fourth-order valence-corrected chi connectivity index (χ4v) is 5.94. The lowest BCUT2D eigenvalue weighted by atomic mass is 9.92. The summed E-state index contributed by atoms with van der Waals surface area (Å²) in [5, 5.41) is 4.92. The SMILES string of the molecule is CC1CC(C)CN(CC(C)NC(=O)c2cccc(S(=O)(=O)NCc3cccs3)c2)C1. The third kappa shape index (κ3) is 6.38. The van der Waals surface area contributed by atoms with Crippen LogP contribution < -0.4 is 10.0 Å². The number of amides is 1. The first kappa shape index (κ1) is 22.9. The van der Waals surface area contributed by atoms with E-state index >= 15 is 0 Å².